The van der Waals surface area contributed by atoms with Crippen LogP contribution < -0.4 is 5.73 Å². The van der Waals surface area contributed by atoms with Gasteiger partial charge in [-0.25, -0.2) is 0 Å². The molecule has 10 heavy (non-hydrogen) atoms. The second-order valence-electron chi connectivity index (χ2n) is 1.79. The highest BCUT2D eigenvalue weighted by atomic mass is 16.3. The van der Waals surface area contributed by atoms with Crippen LogP contribution in [0.5, 0.6) is 5.75 Å². The zero-order valence-corrected chi connectivity index (χ0v) is 5.07. The molecule has 1 heterocycles. The topological polar surface area (TPSA) is 75.0 Å². The number of anilines is 1. The quantitative estimate of drug-likeness (QED) is 0.472. The third-order valence-electron chi connectivity index (χ3n) is 1.16. The molecule has 1 aromatic heterocycles. The van der Waals surface area contributed by atoms with E-state index in [2.05, 4.69) is 0 Å². The predicted molar refractivity (Wildman–Crippen MR) is 36.4 cm³/mol. The molecule has 0 amide bonds. The summed E-state index contributed by atoms with van der Waals surface area (Å²) in [4.78, 5) is 0. The molecule has 3 N–H and O–H groups in total. The summed E-state index contributed by atoms with van der Waals surface area (Å²) < 4.78 is 0.994. The predicted octanol–water partition coefficient (Wildman–Crippen LogP) is -0.421. The van der Waals surface area contributed by atoms with Crippen LogP contribution >= 0.6 is 0 Å². The Morgan fingerprint density at radius 3 is 2.60 bits per heavy atom. The molecule has 0 fully saturated rings. The van der Waals surface area contributed by atoms with Crippen LogP contribution in [0.15, 0.2) is 6.20 Å². The Morgan fingerprint density at radius 2 is 2.40 bits per heavy atom. The molecular formula is C5H4BN3O. The Labute approximate surface area is 58.9 Å². The average molecular weight is 133 g/mol. The van der Waals surface area contributed by atoms with Crippen LogP contribution in [0, 0.1) is 11.3 Å². The van der Waals surface area contributed by atoms with Gasteiger partial charge in [0, 0.05) is 6.20 Å². The zero-order chi connectivity index (χ0) is 7.72. The molecule has 48 valence electrons. The van der Waals surface area contributed by atoms with Crippen LogP contribution in [0.1, 0.15) is 5.56 Å². The van der Waals surface area contributed by atoms with E-state index in [0.29, 0.717) is 0 Å². The molecule has 0 aliphatic rings. The van der Waals surface area contributed by atoms with Crippen molar-refractivity contribution in [1.82, 2.24) is 4.48 Å². The van der Waals surface area contributed by atoms with Crippen molar-refractivity contribution in [3.63, 3.8) is 0 Å². The number of nitrogen functional groups attached to an aromatic ring is 1. The summed E-state index contributed by atoms with van der Waals surface area (Å²) in [6.07, 6.45) is 1.17. The van der Waals surface area contributed by atoms with Crippen LogP contribution in [-0.2, 0) is 0 Å². The van der Waals surface area contributed by atoms with Gasteiger partial charge in [0.25, 0.3) is 0 Å². The van der Waals surface area contributed by atoms with E-state index >= 15 is 0 Å². The van der Waals surface area contributed by atoms with Crippen molar-refractivity contribution < 1.29 is 5.11 Å². The molecule has 1 aromatic rings. The Hall–Kier alpha value is -1.57. The van der Waals surface area contributed by atoms with E-state index in [1.807, 2.05) is 0 Å². The van der Waals surface area contributed by atoms with Crippen LogP contribution in [0.2, 0.25) is 0 Å². The number of hydrogen-bond donors (Lipinski definition) is 2. The van der Waals surface area contributed by atoms with Gasteiger partial charge in [0.15, 0.2) is 5.75 Å². The summed E-state index contributed by atoms with van der Waals surface area (Å²) in [5, 5.41) is 17.3. The highest BCUT2D eigenvalue weighted by Crippen LogP contribution is 2.22. The molecule has 5 heteroatoms. The number of rotatable bonds is 0. The van der Waals surface area contributed by atoms with Crippen molar-refractivity contribution in [2.24, 2.45) is 0 Å². The number of nitriles is 1. The Balaban J connectivity index is 3.37. The van der Waals surface area contributed by atoms with Crippen LogP contribution in [-0.4, -0.2) is 17.6 Å². The van der Waals surface area contributed by atoms with Gasteiger partial charge >= 0.3 is 0 Å². The van der Waals surface area contributed by atoms with E-state index in [4.69, 9.17) is 24.1 Å². The van der Waals surface area contributed by atoms with Crippen LogP contribution in [0.25, 0.3) is 0 Å². The maximum absolute atomic E-state index is 8.91. The number of nitrogens with zero attached hydrogens (tertiary/aromatic N) is 2. The molecule has 0 bridgehead atoms. The van der Waals surface area contributed by atoms with E-state index in [-0.39, 0.29) is 17.1 Å². The Bertz CT molecular complexity index is 299. The smallest absolute Gasteiger partial charge is 0.236 e. The van der Waals surface area contributed by atoms with Gasteiger partial charge in [-0.15, -0.1) is 0 Å². The van der Waals surface area contributed by atoms with Crippen molar-refractivity contribution in [3.05, 3.63) is 11.8 Å². The first-order valence-electron chi connectivity index (χ1n) is 2.51. The van der Waals surface area contributed by atoms with Gasteiger partial charge in [0.05, 0.1) is 0 Å². The second kappa shape index (κ2) is 1.99. The fourth-order valence-corrected chi connectivity index (χ4v) is 0.641. The molecular weight excluding hydrogens is 129 g/mol. The van der Waals surface area contributed by atoms with Gasteiger partial charge in [0.2, 0.25) is 7.98 Å². The summed E-state index contributed by atoms with van der Waals surface area (Å²) in [5.41, 5.74) is 5.29. The molecule has 2 radical (unpaired) electrons. The minimum Gasteiger partial charge on any atom is -0.505 e. The van der Waals surface area contributed by atoms with Crippen molar-refractivity contribution in [2.45, 2.75) is 0 Å². The molecule has 0 atom stereocenters. The summed E-state index contributed by atoms with van der Waals surface area (Å²) in [6, 6.07) is 1.71. The molecule has 0 spiro atoms. The average Bonchev–Trinajstić information content (AvgIpc) is 2.09. The lowest BCUT2D eigenvalue weighted by molar-refractivity contribution is 0.474. The molecule has 0 unspecified atom stereocenters. The highest BCUT2D eigenvalue weighted by Gasteiger charge is 2.07. The van der Waals surface area contributed by atoms with E-state index in [9.17, 15) is 0 Å². The maximum atomic E-state index is 8.91. The molecule has 0 aliphatic carbocycles. The first kappa shape index (κ1) is 6.55. The lowest BCUT2D eigenvalue weighted by Gasteiger charge is -1.91. The van der Waals surface area contributed by atoms with Crippen molar-refractivity contribution >= 4 is 13.8 Å². The first-order chi connectivity index (χ1) is 4.66. The normalized spacial score (nSPS) is 9.10. The number of aromatic hydroxyl groups is 1. The van der Waals surface area contributed by atoms with Gasteiger partial charge in [-0.2, -0.15) is 5.26 Å². The van der Waals surface area contributed by atoms with Crippen molar-refractivity contribution in [1.29, 1.82) is 5.26 Å². The van der Waals surface area contributed by atoms with Crippen LogP contribution in [0.3, 0.4) is 0 Å². The number of hydrogen-bond acceptors (Lipinski definition) is 3. The summed E-state index contributed by atoms with van der Waals surface area (Å²) in [5.74, 6) is -0.123. The Morgan fingerprint density at radius 1 is 1.80 bits per heavy atom. The highest BCUT2D eigenvalue weighted by molar-refractivity contribution is 6.09. The van der Waals surface area contributed by atoms with Crippen molar-refractivity contribution in [2.75, 3.05) is 5.73 Å². The van der Waals surface area contributed by atoms with Gasteiger partial charge < -0.3 is 15.3 Å². The number of nitrogens with two attached hydrogens (primary N) is 1. The minimum atomic E-state index is -0.192. The first-order valence-corrected chi connectivity index (χ1v) is 2.51. The lowest BCUT2D eigenvalue weighted by Crippen LogP contribution is -1.97. The molecule has 0 aliphatic heterocycles. The fourth-order valence-electron chi connectivity index (χ4n) is 0.641. The number of aromatic nitrogens is 1. The molecule has 0 saturated carbocycles. The molecule has 0 aromatic carbocycles. The fraction of sp³-hybridized carbons (Fsp3) is 0. The molecule has 1 rings (SSSR count). The maximum Gasteiger partial charge on any atom is 0.236 e. The summed E-state index contributed by atoms with van der Waals surface area (Å²) in [7, 11) is 5.20. The van der Waals surface area contributed by atoms with Crippen molar-refractivity contribution in [3.8, 4) is 11.8 Å². The van der Waals surface area contributed by atoms with Crippen LogP contribution in [0.4, 0.5) is 5.82 Å². The van der Waals surface area contributed by atoms with Gasteiger partial charge in [-0.1, -0.05) is 0 Å². The largest absolute Gasteiger partial charge is 0.505 e. The standard InChI is InChI=1S/C5H4BN3O/c6-9-2-4(10)3(1-7)5(9)8/h2,10H,8H2. The van der Waals surface area contributed by atoms with Gasteiger partial charge in [-0.05, 0) is 0 Å². The molecule has 4 nitrogen and oxygen atoms in total. The molecule has 0 saturated heterocycles. The van der Waals surface area contributed by atoms with E-state index < -0.39 is 0 Å². The Kier molecular flexibility index (Phi) is 1.30. The lowest BCUT2D eigenvalue weighted by atomic mass is 10.3. The zero-order valence-electron chi connectivity index (χ0n) is 5.07. The second-order valence-corrected chi connectivity index (χ2v) is 1.79. The minimum absolute atomic E-state index is 0.0162. The van der Waals surface area contributed by atoms with Gasteiger partial charge in [-0.3, -0.25) is 0 Å². The van der Waals surface area contributed by atoms with E-state index in [1.54, 1.807) is 6.07 Å². The third-order valence-corrected chi connectivity index (χ3v) is 1.16. The van der Waals surface area contributed by atoms with Gasteiger partial charge in [0.1, 0.15) is 17.5 Å². The third kappa shape index (κ3) is 0.704. The summed E-state index contributed by atoms with van der Waals surface area (Å²) in [6.45, 7) is 0. The van der Waals surface area contributed by atoms with E-state index in [0.717, 1.165) is 4.48 Å². The van der Waals surface area contributed by atoms with E-state index in [1.165, 1.54) is 6.20 Å². The summed E-state index contributed by atoms with van der Waals surface area (Å²) >= 11 is 0. The SMILES string of the molecule is [B]n1cc(O)c(C#N)c1N. The monoisotopic (exact) mass is 133 g/mol.